The van der Waals surface area contributed by atoms with E-state index in [4.69, 9.17) is 10.00 Å². The molecule has 114 valence electrons. The molecule has 1 aromatic rings. The molecule has 21 heavy (non-hydrogen) atoms. The molecule has 0 radical (unpaired) electrons. The number of ether oxygens (including phenoxy) is 2. The monoisotopic (exact) mass is 303 g/mol. The van der Waals surface area contributed by atoms with Crippen molar-refractivity contribution in [3.8, 4) is 11.8 Å². The first-order chi connectivity index (χ1) is 9.61. The summed E-state index contributed by atoms with van der Waals surface area (Å²) in [5, 5.41) is 18.3. The molecule has 0 heterocycles. The van der Waals surface area contributed by atoms with Crippen LogP contribution in [0.3, 0.4) is 0 Å². The Kier molecular flexibility index (Phi) is 4.80. The molecule has 0 bridgehead atoms. The Balaban J connectivity index is 3.05. The molecule has 0 saturated carbocycles. The van der Waals surface area contributed by atoms with Gasteiger partial charge >= 0.3 is 12.1 Å². The van der Waals surface area contributed by atoms with Crippen LogP contribution < -0.4 is 4.74 Å². The number of esters is 1. The number of hydrogen-bond acceptors (Lipinski definition) is 5. The first-order valence-electron chi connectivity index (χ1n) is 5.67. The third-order valence-electron chi connectivity index (χ3n) is 2.55. The standard InChI is InChI=1S/C13H12F3NO4/c1-12(19,11(18)20-2)7-21-10-4-3-8(6-17)5-9(10)13(14,15)16/h3-5,19H,7H2,1-2H3. The van der Waals surface area contributed by atoms with E-state index < -0.39 is 35.7 Å². The normalized spacial score (nSPS) is 14.0. The summed E-state index contributed by atoms with van der Waals surface area (Å²) in [6, 6.07) is 4.30. The Morgan fingerprint density at radius 2 is 2.05 bits per heavy atom. The average molecular weight is 303 g/mol. The van der Waals surface area contributed by atoms with Gasteiger partial charge in [0, 0.05) is 0 Å². The molecule has 5 nitrogen and oxygen atoms in total. The number of nitrogens with zero attached hydrogens (tertiary/aromatic N) is 1. The summed E-state index contributed by atoms with van der Waals surface area (Å²) in [6.07, 6.45) is -4.74. The van der Waals surface area contributed by atoms with Gasteiger partial charge < -0.3 is 14.6 Å². The highest BCUT2D eigenvalue weighted by atomic mass is 19.4. The average Bonchev–Trinajstić information content (AvgIpc) is 2.43. The van der Waals surface area contributed by atoms with E-state index in [2.05, 4.69) is 4.74 Å². The topological polar surface area (TPSA) is 79.6 Å². The minimum absolute atomic E-state index is 0.186. The zero-order valence-corrected chi connectivity index (χ0v) is 11.2. The number of methoxy groups -OCH3 is 1. The van der Waals surface area contributed by atoms with Crippen LogP contribution in [0.15, 0.2) is 18.2 Å². The van der Waals surface area contributed by atoms with Crippen LogP contribution in [0.1, 0.15) is 18.1 Å². The van der Waals surface area contributed by atoms with Crippen molar-refractivity contribution in [2.24, 2.45) is 0 Å². The zero-order chi connectivity index (χ0) is 16.3. The number of hydrogen-bond donors (Lipinski definition) is 1. The second-order valence-electron chi connectivity index (χ2n) is 4.37. The lowest BCUT2D eigenvalue weighted by molar-refractivity contribution is -0.163. The van der Waals surface area contributed by atoms with Crippen LogP contribution in [0.5, 0.6) is 5.75 Å². The van der Waals surface area contributed by atoms with Gasteiger partial charge in [-0.15, -0.1) is 0 Å². The van der Waals surface area contributed by atoms with Crippen LogP contribution in [0.4, 0.5) is 13.2 Å². The molecule has 0 aromatic heterocycles. The predicted octanol–water partition coefficient (Wildman–Crippen LogP) is 1.88. The van der Waals surface area contributed by atoms with Crippen molar-refractivity contribution in [2.45, 2.75) is 18.7 Å². The fourth-order valence-electron chi connectivity index (χ4n) is 1.44. The lowest BCUT2D eigenvalue weighted by Gasteiger charge is -2.22. The first-order valence-corrected chi connectivity index (χ1v) is 5.67. The van der Waals surface area contributed by atoms with Crippen LogP contribution in [0.2, 0.25) is 0 Å². The molecule has 8 heteroatoms. The van der Waals surface area contributed by atoms with Gasteiger partial charge in [-0.05, 0) is 25.1 Å². The minimum atomic E-state index is -4.74. The Morgan fingerprint density at radius 3 is 2.52 bits per heavy atom. The lowest BCUT2D eigenvalue weighted by Crippen LogP contribution is -2.42. The molecule has 1 rings (SSSR count). The number of carbonyl (C=O) groups excluding carboxylic acids is 1. The highest BCUT2D eigenvalue weighted by Gasteiger charge is 2.37. The van der Waals surface area contributed by atoms with Gasteiger partial charge in [0.15, 0.2) is 5.60 Å². The zero-order valence-electron chi connectivity index (χ0n) is 11.2. The van der Waals surface area contributed by atoms with Crippen LogP contribution >= 0.6 is 0 Å². The minimum Gasteiger partial charge on any atom is -0.489 e. The highest BCUT2D eigenvalue weighted by Crippen LogP contribution is 2.37. The Morgan fingerprint density at radius 1 is 1.43 bits per heavy atom. The van der Waals surface area contributed by atoms with Gasteiger partial charge in [-0.25, -0.2) is 4.79 Å². The number of alkyl halides is 3. The molecule has 0 amide bonds. The maximum atomic E-state index is 12.9. The molecule has 1 unspecified atom stereocenters. The summed E-state index contributed by atoms with van der Waals surface area (Å²) < 4.78 is 47.8. The predicted molar refractivity (Wildman–Crippen MR) is 64.3 cm³/mol. The number of aliphatic hydroxyl groups is 1. The molecule has 0 aliphatic rings. The second-order valence-corrected chi connectivity index (χ2v) is 4.37. The summed E-state index contributed by atoms with van der Waals surface area (Å²) in [5.41, 5.74) is -3.44. The molecular weight excluding hydrogens is 291 g/mol. The Hall–Kier alpha value is -2.27. The smallest absolute Gasteiger partial charge is 0.420 e. The van der Waals surface area contributed by atoms with Crippen molar-refractivity contribution in [3.05, 3.63) is 29.3 Å². The quantitative estimate of drug-likeness (QED) is 0.859. The molecule has 0 fully saturated rings. The maximum absolute atomic E-state index is 12.9. The summed E-state index contributed by atoms with van der Waals surface area (Å²) in [4.78, 5) is 11.2. The number of rotatable bonds is 4. The van der Waals surface area contributed by atoms with E-state index in [1.807, 2.05) is 0 Å². The van der Waals surface area contributed by atoms with E-state index in [1.54, 1.807) is 6.07 Å². The maximum Gasteiger partial charge on any atom is 0.420 e. The van der Waals surface area contributed by atoms with Crippen molar-refractivity contribution < 1.29 is 32.5 Å². The van der Waals surface area contributed by atoms with Crippen molar-refractivity contribution in [2.75, 3.05) is 13.7 Å². The molecule has 0 saturated heterocycles. The van der Waals surface area contributed by atoms with Crippen LogP contribution in [-0.2, 0) is 15.7 Å². The summed E-state index contributed by atoms with van der Waals surface area (Å²) in [5.74, 6) is -1.63. The van der Waals surface area contributed by atoms with E-state index in [9.17, 15) is 23.1 Å². The van der Waals surface area contributed by atoms with Gasteiger partial charge in [-0.2, -0.15) is 18.4 Å². The highest BCUT2D eigenvalue weighted by molar-refractivity contribution is 5.78. The fourth-order valence-corrected chi connectivity index (χ4v) is 1.44. The SMILES string of the molecule is COC(=O)C(C)(O)COc1ccc(C#N)cc1C(F)(F)F. The number of carbonyl (C=O) groups is 1. The van der Waals surface area contributed by atoms with E-state index in [1.165, 1.54) is 0 Å². The van der Waals surface area contributed by atoms with E-state index >= 15 is 0 Å². The van der Waals surface area contributed by atoms with E-state index in [0.29, 0.717) is 6.07 Å². The van der Waals surface area contributed by atoms with Gasteiger partial charge in [0.1, 0.15) is 12.4 Å². The van der Waals surface area contributed by atoms with Crippen LogP contribution in [0.25, 0.3) is 0 Å². The largest absolute Gasteiger partial charge is 0.489 e. The van der Waals surface area contributed by atoms with Gasteiger partial charge in [-0.3, -0.25) is 0 Å². The molecule has 1 N–H and O–H groups in total. The van der Waals surface area contributed by atoms with Crippen LogP contribution in [-0.4, -0.2) is 30.4 Å². The third kappa shape index (κ3) is 4.10. The molecular formula is C13H12F3NO4. The summed E-state index contributed by atoms with van der Waals surface area (Å²) >= 11 is 0. The second kappa shape index (κ2) is 6.01. The Labute approximate surface area is 118 Å². The van der Waals surface area contributed by atoms with E-state index in [-0.39, 0.29) is 5.56 Å². The van der Waals surface area contributed by atoms with Gasteiger partial charge in [0.25, 0.3) is 0 Å². The first kappa shape index (κ1) is 16.8. The fraction of sp³-hybridized carbons (Fsp3) is 0.385. The lowest BCUT2D eigenvalue weighted by atomic mass is 10.1. The van der Waals surface area contributed by atoms with Crippen molar-refractivity contribution in [1.82, 2.24) is 0 Å². The molecule has 0 aliphatic heterocycles. The molecule has 0 spiro atoms. The number of nitriles is 1. The van der Waals surface area contributed by atoms with Gasteiger partial charge in [-0.1, -0.05) is 0 Å². The Bertz CT molecular complexity index is 576. The van der Waals surface area contributed by atoms with Crippen LogP contribution in [0, 0.1) is 11.3 Å². The molecule has 0 aliphatic carbocycles. The van der Waals surface area contributed by atoms with Crippen molar-refractivity contribution >= 4 is 5.97 Å². The van der Waals surface area contributed by atoms with Gasteiger partial charge in [0.05, 0.1) is 24.3 Å². The molecule has 1 aromatic carbocycles. The molecule has 1 atom stereocenters. The number of halogens is 3. The van der Waals surface area contributed by atoms with Crippen molar-refractivity contribution in [3.63, 3.8) is 0 Å². The van der Waals surface area contributed by atoms with E-state index in [0.717, 1.165) is 26.2 Å². The summed E-state index contributed by atoms with van der Waals surface area (Å²) in [7, 11) is 1.03. The van der Waals surface area contributed by atoms with Gasteiger partial charge in [0.2, 0.25) is 0 Å². The third-order valence-corrected chi connectivity index (χ3v) is 2.55. The number of benzene rings is 1. The summed E-state index contributed by atoms with van der Waals surface area (Å²) in [6.45, 7) is 0.324. The van der Waals surface area contributed by atoms with Crippen molar-refractivity contribution in [1.29, 1.82) is 5.26 Å².